The fourth-order valence-electron chi connectivity index (χ4n) is 8.29. The molecule has 14 heteroatoms. The summed E-state index contributed by atoms with van der Waals surface area (Å²) in [5.41, 5.74) is 3.56. The lowest BCUT2D eigenvalue weighted by molar-refractivity contribution is -0.118. The van der Waals surface area contributed by atoms with Gasteiger partial charge >= 0.3 is 5.97 Å². The molecule has 9 aromatic rings. The van der Waals surface area contributed by atoms with Crippen molar-refractivity contribution >= 4 is 74.4 Å². The summed E-state index contributed by atoms with van der Waals surface area (Å²) >= 11 is 0. The Kier molecular flexibility index (Phi) is 11.7. The van der Waals surface area contributed by atoms with Crippen LogP contribution in [0, 0.1) is 0 Å². The molecule has 0 saturated carbocycles. The summed E-state index contributed by atoms with van der Waals surface area (Å²) in [5.74, 6) is -3.13. The van der Waals surface area contributed by atoms with Crippen LogP contribution in [0.3, 0.4) is 0 Å². The molecule has 0 fully saturated rings. The minimum Gasteiger partial charge on any atom is -0.482 e. The molecule has 2 aromatic heterocycles. The Morgan fingerprint density at radius 1 is 0.435 bits per heavy atom. The maximum absolute atomic E-state index is 14.0. The molecule has 1 aliphatic heterocycles. The van der Waals surface area contributed by atoms with Crippen molar-refractivity contribution in [1.29, 1.82) is 0 Å². The van der Waals surface area contributed by atoms with Crippen LogP contribution in [0.2, 0.25) is 0 Å². The topological polar surface area (TPSA) is 198 Å². The largest absolute Gasteiger partial charge is 0.482 e. The van der Waals surface area contributed by atoms with Crippen LogP contribution < -0.4 is 30.7 Å². The molecule has 5 N–H and O–H groups in total. The van der Waals surface area contributed by atoms with E-state index in [0.29, 0.717) is 33.8 Å². The number of carbonyl (C=O) groups excluding carboxylic acids is 4. The molecule has 3 heterocycles. The van der Waals surface area contributed by atoms with Gasteiger partial charge in [-0.1, -0.05) is 121 Å². The molecule has 69 heavy (non-hydrogen) atoms. The van der Waals surface area contributed by atoms with Gasteiger partial charge in [-0.15, -0.1) is 0 Å². The summed E-state index contributed by atoms with van der Waals surface area (Å²) in [6.07, 6.45) is 0. The zero-order valence-electron chi connectivity index (χ0n) is 36.4. The smallest absolute Gasteiger partial charge is 0.335 e. The number of anilines is 4. The summed E-state index contributed by atoms with van der Waals surface area (Å²) in [5, 5.41) is 24.0. The lowest BCUT2D eigenvalue weighted by Crippen LogP contribution is -2.22. The highest BCUT2D eigenvalue weighted by molar-refractivity contribution is 6.15. The molecule has 14 nitrogen and oxygen atoms in total. The van der Waals surface area contributed by atoms with Crippen LogP contribution in [0.1, 0.15) is 31.1 Å². The van der Waals surface area contributed by atoms with E-state index in [1.165, 1.54) is 30.3 Å². The highest BCUT2D eigenvalue weighted by atomic mass is 16.5. The molecule has 0 radical (unpaired) electrons. The highest BCUT2D eigenvalue weighted by Gasteiger charge is 2.27. The predicted octanol–water partition coefficient (Wildman–Crippen LogP) is 10.3. The molecule has 0 spiro atoms. The lowest BCUT2D eigenvalue weighted by Gasteiger charge is -2.24. The Morgan fingerprint density at radius 3 is 1.25 bits per heavy atom. The first-order valence-electron chi connectivity index (χ1n) is 21.7. The maximum atomic E-state index is 14.0. The number of ether oxygens (including phenoxy) is 2. The molecule has 0 atom stereocenters. The third-order valence-corrected chi connectivity index (χ3v) is 11.3. The number of carbonyl (C=O) groups is 5. The Hall–Kier alpha value is -9.69. The summed E-state index contributed by atoms with van der Waals surface area (Å²) < 4.78 is 13.5. The summed E-state index contributed by atoms with van der Waals surface area (Å²) in [6.45, 7) is -0.978. The normalized spacial score (nSPS) is 13.2. The van der Waals surface area contributed by atoms with E-state index in [1.54, 1.807) is 12.1 Å². The van der Waals surface area contributed by atoms with Gasteiger partial charge in [-0.2, -0.15) is 0 Å². The number of nitrogens with one attached hydrogen (secondary N) is 4. The molecular weight excluding hydrogens is 873 g/mol. The number of hydrogen-bond donors (Lipinski definition) is 5. The van der Waals surface area contributed by atoms with Gasteiger partial charge in [0.05, 0.1) is 5.56 Å². The van der Waals surface area contributed by atoms with Crippen LogP contribution in [0.15, 0.2) is 176 Å². The van der Waals surface area contributed by atoms with Crippen LogP contribution in [0.25, 0.3) is 54.9 Å². The van der Waals surface area contributed by atoms with Crippen molar-refractivity contribution in [2.24, 2.45) is 0 Å². The van der Waals surface area contributed by atoms with Crippen LogP contribution >= 0.6 is 0 Å². The van der Waals surface area contributed by atoms with E-state index in [4.69, 9.17) is 9.47 Å². The number of rotatable bonds is 3. The van der Waals surface area contributed by atoms with Crippen molar-refractivity contribution in [2.45, 2.75) is 0 Å². The molecule has 0 saturated heterocycles. The second-order valence-corrected chi connectivity index (χ2v) is 15.9. The van der Waals surface area contributed by atoms with Gasteiger partial charge in [0.15, 0.2) is 13.2 Å². The third-order valence-electron chi connectivity index (χ3n) is 11.3. The number of carboxylic acid groups (broad SMARTS) is 1. The van der Waals surface area contributed by atoms with Crippen molar-refractivity contribution < 1.29 is 38.6 Å². The second-order valence-electron chi connectivity index (χ2n) is 15.9. The van der Waals surface area contributed by atoms with Crippen LogP contribution in [0.4, 0.5) is 23.3 Å². The van der Waals surface area contributed by atoms with Crippen LogP contribution in [-0.4, -0.2) is 57.9 Å². The minimum absolute atomic E-state index is 0.0277. The monoisotopic (exact) mass is 910 g/mol. The molecule has 10 rings (SSSR count). The molecule has 336 valence electrons. The third kappa shape index (κ3) is 9.13. The number of fused-ring (bicyclic) bond motifs is 13. The number of benzene rings is 7. The highest BCUT2D eigenvalue weighted by Crippen LogP contribution is 2.52. The lowest BCUT2D eigenvalue weighted by atomic mass is 9.86. The zero-order valence-corrected chi connectivity index (χ0v) is 36.4. The van der Waals surface area contributed by atoms with Gasteiger partial charge in [-0.05, 0) is 87.3 Å². The van der Waals surface area contributed by atoms with E-state index in [1.807, 2.05) is 121 Å². The van der Waals surface area contributed by atoms with E-state index >= 15 is 0 Å². The van der Waals surface area contributed by atoms with Crippen molar-refractivity contribution in [3.8, 4) is 44.9 Å². The second kappa shape index (κ2) is 18.7. The average molecular weight is 911 g/mol. The Labute approximate surface area is 393 Å². The van der Waals surface area contributed by atoms with Crippen molar-refractivity contribution in [2.75, 3.05) is 34.5 Å². The number of nitrogens with zero attached hydrogens (tertiary/aromatic N) is 2. The molecule has 7 aromatic carbocycles. The maximum Gasteiger partial charge on any atom is 0.335 e. The van der Waals surface area contributed by atoms with E-state index < -0.39 is 42.8 Å². The van der Waals surface area contributed by atoms with Gasteiger partial charge in [-0.3, -0.25) is 19.2 Å². The Balaban J connectivity index is 1.17. The molecular formula is C55H38N6O8. The first-order valence-corrected chi connectivity index (χ1v) is 21.7. The van der Waals surface area contributed by atoms with Gasteiger partial charge in [0.25, 0.3) is 23.6 Å². The first kappa shape index (κ1) is 43.2. The SMILES string of the molecule is O=C1COc2c(-c3ccccc3)cc3ccccc3c2-c2c(c(-c3ccccc3)cc3ccccc23)OCC(=O)Nc2cccc(n2)NC(=O)c2cc(C(=O)O)cc(c2)C(=O)Nc2cccc(n2)N1. The quantitative estimate of drug-likeness (QED) is 0.114. The van der Waals surface area contributed by atoms with Gasteiger partial charge in [0.2, 0.25) is 0 Å². The predicted molar refractivity (Wildman–Crippen MR) is 264 cm³/mol. The number of aromatic nitrogens is 2. The molecule has 4 amide bonds. The van der Waals surface area contributed by atoms with Crippen molar-refractivity contribution in [3.05, 3.63) is 193 Å². The minimum atomic E-state index is -1.38. The van der Waals surface area contributed by atoms with Crippen molar-refractivity contribution in [3.63, 3.8) is 0 Å². The zero-order chi connectivity index (χ0) is 47.4. The number of hydrogen-bond acceptors (Lipinski definition) is 9. The molecule has 0 aliphatic carbocycles. The van der Waals surface area contributed by atoms with E-state index in [-0.39, 0.29) is 40.0 Å². The first-order chi connectivity index (χ1) is 33.6. The summed E-state index contributed by atoms with van der Waals surface area (Å²) in [4.78, 5) is 76.3. The van der Waals surface area contributed by atoms with Gasteiger partial charge in [0.1, 0.15) is 34.8 Å². The average Bonchev–Trinajstić information content (AvgIpc) is 3.37. The van der Waals surface area contributed by atoms with E-state index in [2.05, 4.69) is 31.2 Å². The number of pyridine rings is 2. The van der Waals surface area contributed by atoms with Crippen molar-refractivity contribution in [1.82, 2.24) is 9.97 Å². The molecule has 1 aliphatic rings. The molecule has 6 bridgehead atoms. The van der Waals surface area contributed by atoms with Gasteiger partial charge < -0.3 is 35.8 Å². The van der Waals surface area contributed by atoms with Crippen LogP contribution in [0.5, 0.6) is 11.5 Å². The van der Waals surface area contributed by atoms with Gasteiger partial charge in [-0.25, -0.2) is 14.8 Å². The standard InChI is InChI=1S/C55H38N6O8/c62-47-30-68-51-41(32-13-3-1-4-14-32)28-34-17-7-9-19-39(34)49(51)50-40-20-10-8-18-35(40)29-42(33-15-5-2-6-16-33)52(50)69-31-48(63)59-44-22-12-24-46(57-44)61-54(65)37-25-36(26-38(27-37)55(66)67)53(64)60-45-23-11-21-43(56-45)58-47/h1-29H,30-31H2,(H,66,67)(H2,56,58,60,62,64)(H2,57,59,61,63,65). The fraction of sp³-hybridized carbons (Fsp3) is 0.0364. The number of aromatic carboxylic acids is 1. The van der Waals surface area contributed by atoms with Gasteiger partial charge in [0, 0.05) is 33.4 Å². The number of carboxylic acids is 1. The van der Waals surface area contributed by atoms with E-state index in [0.717, 1.165) is 44.8 Å². The van der Waals surface area contributed by atoms with E-state index in [9.17, 15) is 29.1 Å². The summed E-state index contributed by atoms with van der Waals surface area (Å²) in [6, 6.07) is 51.7. The molecule has 0 unspecified atom stereocenters. The fourth-order valence-corrected chi connectivity index (χ4v) is 8.29. The Bertz CT molecular complexity index is 3310. The number of amides is 4. The van der Waals surface area contributed by atoms with Crippen LogP contribution in [-0.2, 0) is 9.59 Å². The summed E-state index contributed by atoms with van der Waals surface area (Å²) in [7, 11) is 0. The Morgan fingerprint density at radius 2 is 0.826 bits per heavy atom.